The van der Waals surface area contributed by atoms with Crippen LogP contribution in [-0.2, 0) is 24.1 Å². The van der Waals surface area contributed by atoms with Crippen molar-refractivity contribution in [1.82, 2.24) is 15.5 Å². The van der Waals surface area contributed by atoms with Crippen molar-refractivity contribution in [2.45, 2.75) is 44.6 Å². The molecule has 5 nitrogen and oxygen atoms in total. The minimum absolute atomic E-state index is 0.114. The third-order valence-corrected chi connectivity index (χ3v) is 3.72. The number of benzene rings is 1. The number of carbonyl (C=O) groups is 1. The molecule has 1 saturated heterocycles. The molecule has 1 N–H and O–H groups in total. The summed E-state index contributed by atoms with van der Waals surface area (Å²) >= 11 is 0. The lowest BCUT2D eigenvalue weighted by Gasteiger charge is -2.04. The van der Waals surface area contributed by atoms with Crippen molar-refractivity contribution in [3.63, 3.8) is 0 Å². The summed E-state index contributed by atoms with van der Waals surface area (Å²) in [5, 5.41) is 6.92. The number of hydrogen-bond acceptors (Lipinski definition) is 4. The van der Waals surface area contributed by atoms with Crippen LogP contribution in [0.4, 0.5) is 0 Å². The molecule has 0 spiro atoms. The number of nitrogens with one attached hydrogen (secondary N) is 1. The zero-order valence-corrected chi connectivity index (χ0v) is 11.9. The van der Waals surface area contributed by atoms with Crippen LogP contribution in [0.1, 0.15) is 36.5 Å². The van der Waals surface area contributed by atoms with E-state index in [1.807, 2.05) is 6.07 Å². The molecule has 2 heterocycles. The lowest BCUT2D eigenvalue weighted by Crippen LogP contribution is -2.27. The fraction of sp³-hybridized carbons (Fsp3) is 0.438. The highest BCUT2D eigenvalue weighted by atomic mass is 16.5. The second kappa shape index (κ2) is 6.52. The first-order valence-electron chi connectivity index (χ1n) is 7.44. The first kappa shape index (κ1) is 13.8. The second-order valence-electron chi connectivity index (χ2n) is 5.45. The van der Waals surface area contributed by atoms with Gasteiger partial charge in [0, 0.05) is 25.3 Å². The van der Waals surface area contributed by atoms with Crippen LogP contribution in [0.5, 0.6) is 0 Å². The highest BCUT2D eigenvalue weighted by Crippen LogP contribution is 2.12. The Balaban J connectivity index is 1.45. The van der Waals surface area contributed by atoms with Crippen molar-refractivity contribution < 1.29 is 9.32 Å². The first-order chi connectivity index (χ1) is 10.3. The van der Waals surface area contributed by atoms with Gasteiger partial charge in [-0.05, 0) is 24.8 Å². The van der Waals surface area contributed by atoms with Gasteiger partial charge in [-0.25, -0.2) is 0 Å². The summed E-state index contributed by atoms with van der Waals surface area (Å²) in [6.07, 6.45) is 4.92. The largest absolute Gasteiger partial charge is 0.353 e. The van der Waals surface area contributed by atoms with E-state index < -0.39 is 0 Å². The fourth-order valence-electron chi connectivity index (χ4n) is 2.61. The maximum absolute atomic E-state index is 11.1. The average molecular weight is 285 g/mol. The van der Waals surface area contributed by atoms with E-state index in [0.29, 0.717) is 18.7 Å². The molecule has 1 atom stereocenters. The number of carbonyl (C=O) groups excluding carboxylic acids is 1. The highest BCUT2D eigenvalue weighted by molar-refractivity contribution is 5.78. The Morgan fingerprint density at radius 3 is 2.86 bits per heavy atom. The van der Waals surface area contributed by atoms with Gasteiger partial charge in [0.1, 0.15) is 0 Å². The van der Waals surface area contributed by atoms with Gasteiger partial charge in [-0.2, -0.15) is 4.98 Å². The number of aryl methyl sites for hydroxylation is 2. The molecule has 2 aromatic rings. The van der Waals surface area contributed by atoms with Gasteiger partial charge >= 0.3 is 0 Å². The molecule has 3 rings (SSSR count). The molecule has 0 bridgehead atoms. The summed E-state index contributed by atoms with van der Waals surface area (Å²) in [7, 11) is 0. The molecule has 0 radical (unpaired) electrons. The molecule has 1 aliphatic heterocycles. The van der Waals surface area contributed by atoms with Crippen LogP contribution >= 0.6 is 0 Å². The van der Waals surface area contributed by atoms with Crippen LogP contribution < -0.4 is 5.32 Å². The lowest BCUT2D eigenvalue weighted by molar-refractivity contribution is -0.119. The number of hydrogen-bond donors (Lipinski definition) is 1. The molecule has 0 saturated carbocycles. The molecule has 1 aromatic heterocycles. The number of aromatic nitrogens is 2. The molecule has 0 aliphatic carbocycles. The maximum atomic E-state index is 11.1. The third kappa shape index (κ3) is 3.90. The predicted molar refractivity (Wildman–Crippen MR) is 77.6 cm³/mol. The summed E-state index contributed by atoms with van der Waals surface area (Å²) in [6, 6.07) is 10.5. The molecule has 0 unspecified atom stereocenters. The average Bonchev–Trinajstić information content (AvgIpc) is 3.10. The van der Waals surface area contributed by atoms with Crippen LogP contribution in [0, 0.1) is 0 Å². The van der Waals surface area contributed by atoms with Gasteiger partial charge in [0.2, 0.25) is 11.8 Å². The molecule has 1 amide bonds. The summed E-state index contributed by atoms with van der Waals surface area (Å²) in [4.78, 5) is 15.5. The zero-order chi connectivity index (χ0) is 14.5. The quantitative estimate of drug-likeness (QED) is 0.882. The summed E-state index contributed by atoms with van der Waals surface area (Å²) < 4.78 is 5.25. The van der Waals surface area contributed by atoms with Crippen molar-refractivity contribution in [3.8, 4) is 0 Å². The van der Waals surface area contributed by atoms with Crippen molar-refractivity contribution in [3.05, 3.63) is 47.6 Å². The molecule has 1 aromatic carbocycles. The van der Waals surface area contributed by atoms with Gasteiger partial charge in [0.15, 0.2) is 5.82 Å². The molecule has 5 heteroatoms. The van der Waals surface area contributed by atoms with E-state index in [2.05, 4.69) is 39.7 Å². The number of amides is 1. The van der Waals surface area contributed by atoms with E-state index in [0.717, 1.165) is 31.5 Å². The minimum atomic E-state index is 0.114. The minimum Gasteiger partial charge on any atom is -0.353 e. The number of nitrogens with zero attached hydrogens (tertiary/aromatic N) is 2. The van der Waals surface area contributed by atoms with Gasteiger partial charge in [0.05, 0.1) is 0 Å². The highest BCUT2D eigenvalue weighted by Gasteiger charge is 2.23. The van der Waals surface area contributed by atoms with Crippen molar-refractivity contribution in [2.24, 2.45) is 0 Å². The maximum Gasteiger partial charge on any atom is 0.228 e. The lowest BCUT2D eigenvalue weighted by atomic mass is 10.1. The normalized spacial score (nSPS) is 17.9. The van der Waals surface area contributed by atoms with E-state index in [4.69, 9.17) is 4.52 Å². The van der Waals surface area contributed by atoms with Crippen LogP contribution in [0.25, 0.3) is 0 Å². The van der Waals surface area contributed by atoms with Gasteiger partial charge < -0.3 is 9.84 Å². The molecular formula is C16H19N3O2. The molecule has 21 heavy (non-hydrogen) atoms. The van der Waals surface area contributed by atoms with Gasteiger partial charge in [-0.15, -0.1) is 0 Å². The molecule has 1 fully saturated rings. The molecule has 1 aliphatic rings. The van der Waals surface area contributed by atoms with E-state index in [9.17, 15) is 4.79 Å². The Bertz CT molecular complexity index is 595. The van der Waals surface area contributed by atoms with Gasteiger partial charge in [-0.3, -0.25) is 4.79 Å². The Morgan fingerprint density at radius 1 is 1.24 bits per heavy atom. The zero-order valence-electron chi connectivity index (χ0n) is 11.9. The van der Waals surface area contributed by atoms with E-state index in [1.54, 1.807) is 0 Å². The molecule has 110 valence electrons. The van der Waals surface area contributed by atoms with Crippen LogP contribution in [0.15, 0.2) is 34.9 Å². The van der Waals surface area contributed by atoms with Crippen LogP contribution in [0.2, 0.25) is 0 Å². The molecular weight excluding hydrogens is 266 g/mol. The summed E-state index contributed by atoms with van der Waals surface area (Å²) in [6.45, 7) is 0. The topological polar surface area (TPSA) is 68.0 Å². The summed E-state index contributed by atoms with van der Waals surface area (Å²) in [5.74, 6) is 1.49. The van der Waals surface area contributed by atoms with Crippen LogP contribution in [0.3, 0.4) is 0 Å². The van der Waals surface area contributed by atoms with E-state index in [-0.39, 0.29) is 11.9 Å². The van der Waals surface area contributed by atoms with E-state index in [1.165, 1.54) is 5.56 Å². The Morgan fingerprint density at radius 2 is 2.10 bits per heavy atom. The third-order valence-electron chi connectivity index (χ3n) is 3.72. The standard InChI is InChI=1S/C16H19N3O2/c20-15-10-9-13(17-15)11-16-18-14(19-21-16)8-4-7-12-5-2-1-3-6-12/h1-3,5-6,13H,4,7-11H2,(H,17,20)/t13-/m0/s1. The second-order valence-corrected chi connectivity index (χ2v) is 5.45. The van der Waals surface area contributed by atoms with Gasteiger partial charge in [-0.1, -0.05) is 35.5 Å². The fourth-order valence-corrected chi connectivity index (χ4v) is 2.61. The smallest absolute Gasteiger partial charge is 0.228 e. The van der Waals surface area contributed by atoms with Crippen molar-refractivity contribution in [1.29, 1.82) is 0 Å². The predicted octanol–water partition coefficient (Wildman–Crippen LogP) is 2.07. The number of rotatable bonds is 6. The SMILES string of the molecule is O=C1CC[C@@H](Cc2nc(CCCc3ccccc3)no2)N1. The Kier molecular flexibility index (Phi) is 4.28. The van der Waals surface area contributed by atoms with Crippen molar-refractivity contribution >= 4 is 5.91 Å². The van der Waals surface area contributed by atoms with E-state index >= 15 is 0 Å². The monoisotopic (exact) mass is 285 g/mol. The summed E-state index contributed by atoms with van der Waals surface area (Å²) in [5.41, 5.74) is 1.33. The Hall–Kier alpha value is -2.17. The van der Waals surface area contributed by atoms with Gasteiger partial charge in [0.25, 0.3) is 0 Å². The van der Waals surface area contributed by atoms with Crippen LogP contribution in [-0.4, -0.2) is 22.1 Å². The Labute approximate surface area is 123 Å². The van der Waals surface area contributed by atoms with Crippen molar-refractivity contribution in [2.75, 3.05) is 0 Å². The first-order valence-corrected chi connectivity index (χ1v) is 7.44.